The SMILES string of the molecule is CCC1CCC2(CC1)NC(=O)N(CC(=O)OCC(=O)c1ccc(Br)cc1)C2=O. The van der Waals surface area contributed by atoms with Crippen LogP contribution in [0.15, 0.2) is 28.7 Å². The summed E-state index contributed by atoms with van der Waals surface area (Å²) in [6.45, 7) is 1.19. The number of nitrogens with one attached hydrogen (secondary N) is 1. The summed E-state index contributed by atoms with van der Waals surface area (Å²) >= 11 is 3.28. The fourth-order valence-electron chi connectivity index (χ4n) is 3.78. The van der Waals surface area contributed by atoms with Crippen molar-refractivity contribution in [2.24, 2.45) is 5.92 Å². The third kappa shape index (κ3) is 4.27. The Bertz CT molecular complexity index is 784. The van der Waals surface area contributed by atoms with E-state index in [0.29, 0.717) is 24.3 Å². The molecule has 1 saturated heterocycles. The Morgan fingerprint density at radius 1 is 1.21 bits per heavy atom. The molecule has 7 nitrogen and oxygen atoms in total. The van der Waals surface area contributed by atoms with E-state index in [4.69, 9.17) is 4.74 Å². The van der Waals surface area contributed by atoms with Gasteiger partial charge in [-0.05, 0) is 43.7 Å². The van der Waals surface area contributed by atoms with Crippen molar-refractivity contribution in [3.63, 3.8) is 0 Å². The first-order valence-corrected chi connectivity index (χ1v) is 10.2. The van der Waals surface area contributed by atoms with Gasteiger partial charge in [-0.1, -0.05) is 41.4 Å². The monoisotopic (exact) mass is 450 g/mol. The molecule has 0 bridgehead atoms. The molecule has 1 saturated carbocycles. The predicted molar refractivity (Wildman–Crippen MR) is 105 cm³/mol. The van der Waals surface area contributed by atoms with E-state index >= 15 is 0 Å². The zero-order chi connectivity index (χ0) is 20.3. The Kier molecular flexibility index (Phi) is 6.17. The molecule has 1 aromatic carbocycles. The number of rotatable bonds is 6. The molecule has 28 heavy (non-hydrogen) atoms. The average molecular weight is 451 g/mol. The van der Waals surface area contributed by atoms with E-state index < -0.39 is 30.7 Å². The quantitative estimate of drug-likeness (QED) is 0.408. The Morgan fingerprint density at radius 3 is 2.46 bits per heavy atom. The number of urea groups is 1. The van der Waals surface area contributed by atoms with Crippen molar-refractivity contribution in [1.82, 2.24) is 10.2 Å². The molecule has 0 unspecified atom stereocenters. The van der Waals surface area contributed by atoms with Gasteiger partial charge in [0.1, 0.15) is 12.1 Å². The van der Waals surface area contributed by atoms with Crippen molar-refractivity contribution in [3.05, 3.63) is 34.3 Å². The molecule has 2 fully saturated rings. The van der Waals surface area contributed by atoms with Crippen LogP contribution < -0.4 is 5.32 Å². The molecule has 0 radical (unpaired) electrons. The number of ketones is 1. The summed E-state index contributed by atoms with van der Waals surface area (Å²) < 4.78 is 5.82. The highest BCUT2D eigenvalue weighted by Gasteiger charge is 2.52. The van der Waals surface area contributed by atoms with E-state index in [1.54, 1.807) is 24.3 Å². The van der Waals surface area contributed by atoms with E-state index in [2.05, 4.69) is 28.2 Å². The summed E-state index contributed by atoms with van der Waals surface area (Å²) in [6.07, 6.45) is 3.99. The third-order valence-corrected chi connectivity index (χ3v) is 6.13. The number of carbonyl (C=O) groups excluding carboxylic acids is 4. The maximum absolute atomic E-state index is 12.8. The number of hydrogen-bond donors (Lipinski definition) is 1. The van der Waals surface area contributed by atoms with Crippen LogP contribution in [-0.4, -0.2) is 47.3 Å². The van der Waals surface area contributed by atoms with E-state index in [-0.39, 0.29) is 11.7 Å². The molecule has 150 valence electrons. The van der Waals surface area contributed by atoms with Crippen molar-refractivity contribution < 1.29 is 23.9 Å². The minimum atomic E-state index is -0.893. The number of amides is 3. The molecule has 3 amide bonds. The number of carbonyl (C=O) groups is 4. The molecule has 3 rings (SSSR count). The Labute approximate surface area is 171 Å². The van der Waals surface area contributed by atoms with Crippen LogP contribution in [0.5, 0.6) is 0 Å². The Morgan fingerprint density at radius 2 is 1.86 bits per heavy atom. The van der Waals surface area contributed by atoms with Crippen LogP contribution in [0.25, 0.3) is 0 Å². The molecule has 1 spiro atoms. The van der Waals surface area contributed by atoms with Crippen LogP contribution in [0.3, 0.4) is 0 Å². The van der Waals surface area contributed by atoms with Gasteiger partial charge in [-0.2, -0.15) is 0 Å². The first-order chi connectivity index (χ1) is 13.3. The molecule has 1 aliphatic carbocycles. The lowest BCUT2D eigenvalue weighted by Crippen LogP contribution is -2.49. The number of hydrogen-bond acceptors (Lipinski definition) is 5. The van der Waals surface area contributed by atoms with Crippen molar-refractivity contribution in [1.29, 1.82) is 0 Å². The number of ether oxygens (including phenoxy) is 1. The van der Waals surface area contributed by atoms with Crippen molar-refractivity contribution in [3.8, 4) is 0 Å². The number of imide groups is 1. The molecular weight excluding hydrogens is 428 g/mol. The lowest BCUT2D eigenvalue weighted by Gasteiger charge is -2.34. The highest BCUT2D eigenvalue weighted by atomic mass is 79.9. The predicted octanol–water partition coefficient (Wildman–Crippen LogP) is 3.07. The van der Waals surface area contributed by atoms with E-state index in [1.165, 1.54) is 0 Å². The highest BCUT2D eigenvalue weighted by molar-refractivity contribution is 9.10. The molecule has 2 aliphatic rings. The fraction of sp³-hybridized carbons (Fsp3) is 0.500. The molecule has 1 N–H and O–H groups in total. The largest absolute Gasteiger partial charge is 0.456 e. The summed E-state index contributed by atoms with van der Waals surface area (Å²) in [5.74, 6) is -0.942. The first kappa shape index (κ1) is 20.5. The highest BCUT2D eigenvalue weighted by Crippen LogP contribution is 2.37. The van der Waals surface area contributed by atoms with Crippen molar-refractivity contribution >= 4 is 39.6 Å². The van der Waals surface area contributed by atoms with Crippen LogP contribution in [0.1, 0.15) is 49.4 Å². The van der Waals surface area contributed by atoms with Gasteiger partial charge < -0.3 is 10.1 Å². The number of Topliss-reactive ketones (excluding diaryl/α,β-unsaturated/α-hetero) is 1. The molecule has 0 aromatic heterocycles. The van der Waals surface area contributed by atoms with Gasteiger partial charge in [-0.15, -0.1) is 0 Å². The van der Waals surface area contributed by atoms with Crippen LogP contribution in [0.4, 0.5) is 4.79 Å². The number of esters is 1. The van der Waals surface area contributed by atoms with Crippen LogP contribution >= 0.6 is 15.9 Å². The normalized spacial score (nSPS) is 24.4. The second kappa shape index (κ2) is 8.43. The zero-order valence-corrected chi connectivity index (χ0v) is 17.3. The average Bonchev–Trinajstić information content (AvgIpc) is 2.91. The Hall–Kier alpha value is -2.22. The zero-order valence-electron chi connectivity index (χ0n) is 15.7. The van der Waals surface area contributed by atoms with Gasteiger partial charge >= 0.3 is 12.0 Å². The van der Waals surface area contributed by atoms with Gasteiger partial charge in [0.05, 0.1) is 0 Å². The van der Waals surface area contributed by atoms with Gasteiger partial charge in [-0.25, -0.2) is 4.79 Å². The minimum absolute atomic E-state index is 0.354. The summed E-state index contributed by atoms with van der Waals surface area (Å²) in [4.78, 5) is 50.1. The number of nitrogens with zero attached hydrogens (tertiary/aromatic N) is 1. The second-order valence-corrected chi connectivity index (χ2v) is 8.26. The van der Waals surface area contributed by atoms with Crippen LogP contribution in [0.2, 0.25) is 0 Å². The second-order valence-electron chi connectivity index (χ2n) is 7.35. The van der Waals surface area contributed by atoms with Gasteiger partial charge in [0.15, 0.2) is 12.4 Å². The molecule has 1 heterocycles. The smallest absolute Gasteiger partial charge is 0.326 e. The molecular formula is C20H23BrN2O5. The third-order valence-electron chi connectivity index (χ3n) is 5.60. The van der Waals surface area contributed by atoms with Crippen molar-refractivity contribution in [2.45, 2.75) is 44.6 Å². The van der Waals surface area contributed by atoms with Gasteiger partial charge in [0, 0.05) is 10.0 Å². The minimum Gasteiger partial charge on any atom is -0.456 e. The van der Waals surface area contributed by atoms with E-state index in [0.717, 1.165) is 28.6 Å². The molecule has 1 aromatic rings. The van der Waals surface area contributed by atoms with Crippen LogP contribution in [-0.2, 0) is 14.3 Å². The lowest BCUT2D eigenvalue weighted by atomic mass is 9.75. The molecule has 8 heteroatoms. The molecule has 1 aliphatic heterocycles. The fourth-order valence-corrected chi connectivity index (χ4v) is 4.04. The van der Waals surface area contributed by atoms with Gasteiger partial charge in [-0.3, -0.25) is 19.3 Å². The first-order valence-electron chi connectivity index (χ1n) is 9.43. The maximum atomic E-state index is 12.8. The number of halogens is 1. The van der Waals surface area contributed by atoms with Crippen molar-refractivity contribution in [2.75, 3.05) is 13.2 Å². The maximum Gasteiger partial charge on any atom is 0.326 e. The summed E-state index contributed by atoms with van der Waals surface area (Å²) in [7, 11) is 0. The Balaban J connectivity index is 1.54. The standard InChI is InChI=1S/C20H23BrN2O5/c1-2-13-7-9-20(10-8-13)18(26)23(19(27)22-20)11-17(25)28-12-16(24)14-3-5-15(21)6-4-14/h3-6,13H,2,7-12H2,1H3,(H,22,27). The van der Waals surface area contributed by atoms with E-state index in [1.807, 2.05) is 0 Å². The van der Waals surface area contributed by atoms with Gasteiger partial charge in [0.2, 0.25) is 0 Å². The molecule has 0 atom stereocenters. The summed E-state index contributed by atoms with van der Waals surface area (Å²) in [6, 6.07) is 6.10. The summed E-state index contributed by atoms with van der Waals surface area (Å²) in [5, 5.41) is 2.77. The van der Waals surface area contributed by atoms with E-state index in [9.17, 15) is 19.2 Å². The lowest BCUT2D eigenvalue weighted by molar-refractivity contribution is -0.147. The number of benzene rings is 1. The van der Waals surface area contributed by atoms with Crippen LogP contribution in [0, 0.1) is 5.92 Å². The van der Waals surface area contributed by atoms with Gasteiger partial charge in [0.25, 0.3) is 5.91 Å². The topological polar surface area (TPSA) is 92.8 Å². The summed E-state index contributed by atoms with van der Waals surface area (Å²) in [5.41, 5.74) is -0.478.